The Labute approximate surface area is 512 Å². The second-order valence-corrected chi connectivity index (χ2v) is 51.4. The van der Waals surface area contributed by atoms with Crippen LogP contribution < -0.4 is 7.16 Å². The summed E-state index contributed by atoms with van der Waals surface area (Å²) in [5.41, 5.74) is 2.11. The number of unbranched alkanes of at least 4 members (excludes halogenated alkanes) is 2. The molecule has 4 rings (SSSR count). The number of carbonyl (C=O) groups excluding carboxylic acids is 4. The van der Waals surface area contributed by atoms with E-state index in [2.05, 4.69) is 60.5 Å². The van der Waals surface area contributed by atoms with Crippen molar-refractivity contribution in [3.63, 3.8) is 0 Å². The molecule has 37 heteroatoms. The maximum absolute atomic E-state index is 14.1. The number of imide groups is 2. The molecule has 502 valence electrons. The average molecular weight is 1560 g/mol. The van der Waals surface area contributed by atoms with E-state index < -0.39 is 195 Å². The summed E-state index contributed by atoms with van der Waals surface area (Å²) in [5.74, 6) is -79.2. The number of nitrogens with zero attached hydrogens (tertiary/aromatic N) is 2. The molecule has 1 saturated heterocycles. The molecule has 4 radical (unpaired) electrons. The summed E-state index contributed by atoms with van der Waals surface area (Å²) in [6.07, 6.45) is -19.8. The van der Waals surface area contributed by atoms with Gasteiger partial charge in [-0.1, -0.05) is 0 Å². The van der Waals surface area contributed by atoms with Crippen molar-refractivity contribution in [2.75, 3.05) is 13.1 Å². The molecule has 4 amide bonds. The molecule has 1 N–H and O–H groups in total. The van der Waals surface area contributed by atoms with Gasteiger partial charge in [-0.05, 0) is 12.8 Å². The van der Waals surface area contributed by atoms with Crippen LogP contribution in [0.1, 0.15) is 75.8 Å². The standard InChI is InChI=1S/C24H23F13NO2.C14H10F13NO2.C8H7.6CH3.Al.B.HN.2Sn/c1-13(15-8-4-3-5-9-15)12-16-14(2)17(39)38(18(16)40)11-7-6-10-19(25,26)20(27,28)21(29,30)22(31,32)23(33,34)24(35,36)37;15-9(16,5-1-2-6-28-7(29)3-4-8(28)30)10(17,18)11(19,20)12(21,22)13(23,24)14(25,26)27;1-2-8-6-4-3-5-7-8;;;;;;;;;;;/h4-5,8-9,13-14,16H,6-7,10-12H2,1-2H3;3-4H,1-2,5-6H2;2,4-7H,1H2;6*1H3;;;1H;;. The average Bonchev–Trinajstić information content (AvgIpc) is 1.31. The number of benzene rings is 2. The number of hydrogen-bond acceptors (Lipinski definition) is 5. The van der Waals surface area contributed by atoms with E-state index in [1.807, 2.05) is 37.3 Å². The SMILES string of the molecule is C=Cc1cc[c]([Sn]([CH3])([CH3])[CH3])cc1.CC(CC1C(=O)N(CCCCC(F)(F)C(F)(F)C(F)(F)C(F)(F)C(F)(F)C(F)(F)F)C(=O)C1C)c1cc[c]([Sn]([CH3])([CH3])[CH3])cc1.O=C1C=CC(=O)N1CCCCC(F)(F)C(F)(F)C(F)(F)C(F)(F)C(F)(F)C(F)(F)F.[B].[NH]=[Al]. The fourth-order valence-electron chi connectivity index (χ4n) is 8.22. The normalized spacial score (nSPS) is 17.5. The van der Waals surface area contributed by atoms with Crippen molar-refractivity contribution < 1.29 is 133 Å². The number of rotatable bonds is 24. The first kappa shape index (κ1) is 85.4. The molecule has 2 aliphatic heterocycles. The van der Waals surface area contributed by atoms with Crippen molar-refractivity contribution in [1.82, 2.24) is 9.80 Å². The van der Waals surface area contributed by atoms with Gasteiger partial charge in [-0.25, -0.2) is 0 Å². The molecular formula is C52H59AlBF26N3O4Sn2. The fourth-order valence-corrected chi connectivity index (χ4v) is 14.9. The maximum atomic E-state index is 14.1. The van der Waals surface area contributed by atoms with Crippen LogP contribution >= 0.6 is 0 Å². The van der Waals surface area contributed by atoms with Gasteiger partial charge in [0.2, 0.25) is 0 Å². The predicted molar refractivity (Wildman–Crippen MR) is 281 cm³/mol. The van der Waals surface area contributed by atoms with Crippen molar-refractivity contribution in [2.45, 2.75) is 166 Å². The minimum absolute atomic E-state index is 0. The van der Waals surface area contributed by atoms with Gasteiger partial charge in [-0.2, -0.15) is 114 Å². The Morgan fingerprint density at radius 2 is 0.787 bits per heavy atom. The van der Waals surface area contributed by atoms with E-state index in [1.54, 1.807) is 19.7 Å². The number of alkyl halides is 26. The van der Waals surface area contributed by atoms with E-state index in [0.717, 1.165) is 17.7 Å². The molecular weight excluding hydrogens is 1500 g/mol. The third kappa shape index (κ3) is 18.2. The summed E-state index contributed by atoms with van der Waals surface area (Å²) < 4.78 is 349. The molecule has 3 atom stereocenters. The summed E-state index contributed by atoms with van der Waals surface area (Å²) >= 11 is -2.45. The first-order chi connectivity index (χ1) is 39.2. The molecule has 7 nitrogen and oxygen atoms in total. The number of likely N-dealkylation sites (tertiary alicyclic amines) is 1. The molecule has 89 heavy (non-hydrogen) atoms. The van der Waals surface area contributed by atoms with Gasteiger partial charge in [-0.3, -0.25) is 14.5 Å². The number of nitrogens with one attached hydrogen (secondary N) is 1. The molecule has 0 spiro atoms. The molecule has 1 fully saturated rings. The van der Waals surface area contributed by atoms with Crippen LogP contribution in [0.5, 0.6) is 0 Å². The Hall–Kier alpha value is -3.63. The van der Waals surface area contributed by atoms with Crippen LogP contribution in [-0.2, 0) is 19.2 Å². The predicted octanol–water partition coefficient (Wildman–Crippen LogP) is 15.5. The molecule has 2 aromatic carbocycles. The summed E-state index contributed by atoms with van der Waals surface area (Å²) in [4.78, 5) is 63.0. The van der Waals surface area contributed by atoms with E-state index in [9.17, 15) is 133 Å². The second kappa shape index (κ2) is 30.2. The van der Waals surface area contributed by atoms with Crippen LogP contribution in [0.2, 0.25) is 29.6 Å². The van der Waals surface area contributed by atoms with Crippen molar-refractivity contribution in [1.29, 1.82) is 4.35 Å². The van der Waals surface area contributed by atoms with E-state index >= 15 is 0 Å². The molecule has 3 unspecified atom stereocenters. The van der Waals surface area contributed by atoms with Gasteiger partial charge in [0.1, 0.15) is 0 Å². The van der Waals surface area contributed by atoms with E-state index in [4.69, 9.17) is 4.35 Å². The van der Waals surface area contributed by atoms with Crippen molar-refractivity contribution in [3.8, 4) is 0 Å². The summed E-state index contributed by atoms with van der Waals surface area (Å²) in [5, 5.41) is 0. The van der Waals surface area contributed by atoms with Gasteiger partial charge in [-0.15, -0.1) is 0 Å². The van der Waals surface area contributed by atoms with Gasteiger partial charge in [0.05, 0.1) is 0 Å². The van der Waals surface area contributed by atoms with Crippen molar-refractivity contribution in [3.05, 3.63) is 78.4 Å². The number of halogens is 26. The van der Waals surface area contributed by atoms with Crippen molar-refractivity contribution >= 4 is 98.1 Å². The topological polar surface area (TPSA) is 98.6 Å². The Kier molecular flexibility index (Phi) is 29.0. The van der Waals surface area contributed by atoms with Gasteiger partial charge < -0.3 is 0 Å². The quantitative estimate of drug-likeness (QED) is 0.0490. The van der Waals surface area contributed by atoms with E-state index in [-0.39, 0.29) is 20.8 Å². The van der Waals surface area contributed by atoms with Gasteiger partial charge in [0.15, 0.2) is 0 Å². The fraction of sp³-hybridized carbons (Fsp3) is 0.615. The molecule has 0 bridgehead atoms. The molecule has 0 aliphatic carbocycles. The van der Waals surface area contributed by atoms with E-state index in [1.165, 1.54) is 16.1 Å². The Bertz CT molecular complexity index is 2740. The van der Waals surface area contributed by atoms with Crippen molar-refractivity contribution in [2.24, 2.45) is 11.8 Å². The van der Waals surface area contributed by atoms with Crippen LogP contribution in [0.4, 0.5) is 114 Å². The first-order valence-electron chi connectivity index (χ1n) is 25.7. The zero-order chi connectivity index (χ0) is 69.6. The van der Waals surface area contributed by atoms with Gasteiger partial charge >= 0.3 is 322 Å². The van der Waals surface area contributed by atoms with Crippen LogP contribution in [0.25, 0.3) is 6.08 Å². The Balaban J connectivity index is 0.00000147. The third-order valence-corrected chi connectivity index (χ3v) is 25.7. The first-order valence-corrected chi connectivity index (χ1v) is 46.2. The number of carbonyl (C=O) groups is 4. The van der Waals surface area contributed by atoms with Crippen LogP contribution in [0, 0.1) is 16.2 Å². The molecule has 0 aromatic heterocycles. The Morgan fingerprint density at radius 1 is 0.483 bits per heavy atom. The van der Waals surface area contributed by atoms with E-state index in [0.29, 0.717) is 9.80 Å². The third-order valence-electron chi connectivity index (χ3n) is 14.0. The molecule has 2 heterocycles. The zero-order valence-electron chi connectivity index (χ0n) is 48.2. The Morgan fingerprint density at radius 3 is 1.09 bits per heavy atom. The van der Waals surface area contributed by atoms with Crippen LogP contribution in [-0.4, -0.2) is 179 Å². The molecule has 2 aliphatic rings. The monoisotopic (exact) mass is 1560 g/mol. The second-order valence-electron chi connectivity index (χ2n) is 22.4. The minimum atomic E-state index is -7.95. The molecule has 2 aromatic rings. The zero-order valence-corrected chi connectivity index (χ0v) is 55.0. The van der Waals surface area contributed by atoms with Crippen LogP contribution in [0.15, 0.2) is 67.3 Å². The number of amides is 4. The van der Waals surface area contributed by atoms with Crippen LogP contribution in [0.3, 0.4) is 0 Å². The summed E-state index contributed by atoms with van der Waals surface area (Å²) in [7, 11) is 0. The van der Waals surface area contributed by atoms with Gasteiger partial charge in [0.25, 0.3) is 11.8 Å². The summed E-state index contributed by atoms with van der Waals surface area (Å²) in [6, 6.07) is 16.7. The van der Waals surface area contributed by atoms with Gasteiger partial charge in [0, 0.05) is 40.0 Å². The summed E-state index contributed by atoms with van der Waals surface area (Å²) in [6.45, 7) is 5.71. The molecule has 0 saturated carbocycles. The number of hydrogen-bond donors (Lipinski definition) is 1.